The third-order valence-electron chi connectivity index (χ3n) is 8.11. The molecule has 1 heterocycles. The van der Waals surface area contributed by atoms with Crippen LogP contribution in [0.25, 0.3) is 6.08 Å². The van der Waals surface area contributed by atoms with Gasteiger partial charge in [0.25, 0.3) is 15.9 Å². The highest BCUT2D eigenvalue weighted by molar-refractivity contribution is 7.92. The van der Waals surface area contributed by atoms with Crippen LogP contribution in [0.1, 0.15) is 46.8 Å². The summed E-state index contributed by atoms with van der Waals surface area (Å²) in [5.74, 6) is 1.08. The standard InChI is InChI=1S/C35H32ClN3O5S/c1-43-29-17-9-23(10-18-29)21-25-5-4-8-32-33(25)37-39(34(32)24-11-19-30(44-2)20-12-24)35(40)26-6-3-7-31(22-26)45(41,42)38-28-15-13-27(36)14-16-28/h3,6-7,9-22,32,34,38H,4-5,8H2,1-2H3/b25-21+/t32-,34-/m0/s1. The molecule has 0 radical (unpaired) electrons. The van der Waals surface area contributed by atoms with Crippen LogP contribution in [-0.2, 0) is 10.0 Å². The van der Waals surface area contributed by atoms with Crippen molar-refractivity contribution in [3.8, 4) is 11.5 Å². The number of carbonyl (C=O) groups is 1. The normalized spacial score (nSPS) is 18.7. The van der Waals surface area contributed by atoms with Gasteiger partial charge in [-0.05, 0) is 109 Å². The Morgan fingerprint density at radius 3 is 2.27 bits per heavy atom. The van der Waals surface area contributed by atoms with Crippen molar-refractivity contribution in [3.63, 3.8) is 0 Å². The molecule has 0 saturated heterocycles. The minimum atomic E-state index is -3.98. The van der Waals surface area contributed by atoms with Gasteiger partial charge in [-0.1, -0.05) is 41.9 Å². The maximum Gasteiger partial charge on any atom is 0.274 e. The summed E-state index contributed by atoms with van der Waals surface area (Å²) >= 11 is 5.95. The monoisotopic (exact) mass is 641 g/mol. The van der Waals surface area contributed by atoms with Crippen molar-refractivity contribution in [3.05, 3.63) is 124 Å². The summed E-state index contributed by atoms with van der Waals surface area (Å²) in [6.45, 7) is 0. The quantitative estimate of drug-likeness (QED) is 0.214. The molecule has 8 nitrogen and oxygen atoms in total. The Morgan fingerprint density at radius 2 is 1.60 bits per heavy atom. The molecule has 1 aliphatic heterocycles. The number of carbonyl (C=O) groups excluding carboxylic acids is 1. The Hall–Kier alpha value is -4.60. The fraction of sp³-hybridized carbons (Fsp3) is 0.200. The summed E-state index contributed by atoms with van der Waals surface area (Å²) in [5.41, 5.74) is 4.48. The van der Waals surface area contributed by atoms with Gasteiger partial charge in [0.05, 0.1) is 30.9 Å². The Kier molecular flexibility index (Phi) is 8.65. The van der Waals surface area contributed by atoms with E-state index in [1.165, 1.54) is 17.1 Å². The fourth-order valence-electron chi connectivity index (χ4n) is 5.86. The maximum atomic E-state index is 14.2. The van der Waals surface area contributed by atoms with Crippen LogP contribution >= 0.6 is 11.6 Å². The number of halogens is 1. The number of sulfonamides is 1. The van der Waals surface area contributed by atoms with Gasteiger partial charge in [0.15, 0.2) is 0 Å². The molecule has 1 saturated carbocycles. The van der Waals surface area contributed by atoms with Gasteiger partial charge in [-0.2, -0.15) is 5.10 Å². The maximum absolute atomic E-state index is 14.2. The average Bonchev–Trinajstić information content (AvgIpc) is 3.46. The number of rotatable bonds is 8. The highest BCUT2D eigenvalue weighted by atomic mass is 35.5. The minimum absolute atomic E-state index is 0.0286. The summed E-state index contributed by atoms with van der Waals surface area (Å²) in [4.78, 5) is 14.2. The lowest BCUT2D eigenvalue weighted by Gasteiger charge is -2.30. The molecule has 1 amide bonds. The van der Waals surface area contributed by atoms with Gasteiger partial charge in [-0.3, -0.25) is 9.52 Å². The van der Waals surface area contributed by atoms with E-state index in [-0.39, 0.29) is 28.3 Å². The van der Waals surface area contributed by atoms with Gasteiger partial charge in [0, 0.05) is 22.2 Å². The molecular formula is C35H32ClN3O5S. The van der Waals surface area contributed by atoms with E-state index in [0.717, 1.165) is 47.4 Å². The molecule has 0 aromatic heterocycles. The topological polar surface area (TPSA) is 97.3 Å². The molecule has 4 aromatic carbocycles. The van der Waals surface area contributed by atoms with E-state index in [9.17, 15) is 13.2 Å². The Labute approximate surface area is 268 Å². The smallest absolute Gasteiger partial charge is 0.274 e. The lowest BCUT2D eigenvalue weighted by molar-refractivity contribution is 0.0680. The molecule has 45 heavy (non-hydrogen) atoms. The summed E-state index contributed by atoms with van der Waals surface area (Å²) in [7, 11) is -0.730. The zero-order valence-electron chi connectivity index (χ0n) is 24.8. The first-order valence-electron chi connectivity index (χ1n) is 14.6. The van der Waals surface area contributed by atoms with E-state index in [4.69, 9.17) is 26.2 Å². The van der Waals surface area contributed by atoms with Crippen LogP contribution < -0.4 is 14.2 Å². The van der Waals surface area contributed by atoms with Crippen LogP contribution in [0.4, 0.5) is 5.69 Å². The Morgan fingerprint density at radius 1 is 0.933 bits per heavy atom. The summed E-state index contributed by atoms with van der Waals surface area (Å²) in [6, 6.07) is 27.5. The predicted octanol–water partition coefficient (Wildman–Crippen LogP) is 7.59. The number of methoxy groups -OCH3 is 2. The van der Waals surface area contributed by atoms with E-state index in [1.54, 1.807) is 50.6 Å². The van der Waals surface area contributed by atoms with Crippen LogP contribution in [0.3, 0.4) is 0 Å². The Bertz CT molecular complexity index is 1870. The van der Waals surface area contributed by atoms with E-state index in [2.05, 4.69) is 10.8 Å². The zero-order valence-corrected chi connectivity index (χ0v) is 26.4. The highest BCUT2D eigenvalue weighted by Crippen LogP contribution is 2.45. The number of benzene rings is 4. The molecule has 4 aromatic rings. The molecular weight excluding hydrogens is 610 g/mol. The van der Waals surface area contributed by atoms with Crippen LogP contribution in [0.15, 0.2) is 113 Å². The molecule has 6 rings (SSSR count). The third kappa shape index (κ3) is 6.45. The number of hydrazone groups is 1. The minimum Gasteiger partial charge on any atom is -0.497 e. The first-order chi connectivity index (χ1) is 21.8. The number of amides is 1. The lowest BCUT2D eigenvalue weighted by Crippen LogP contribution is -2.32. The van der Waals surface area contributed by atoms with Gasteiger partial charge in [-0.25, -0.2) is 13.4 Å². The second-order valence-electron chi connectivity index (χ2n) is 10.9. The first kappa shape index (κ1) is 30.4. The number of hydrogen-bond acceptors (Lipinski definition) is 6. The molecule has 10 heteroatoms. The molecule has 1 fully saturated rings. The van der Waals surface area contributed by atoms with Crippen molar-refractivity contribution in [2.75, 3.05) is 18.9 Å². The van der Waals surface area contributed by atoms with Crippen LogP contribution in [0.2, 0.25) is 5.02 Å². The first-order valence-corrected chi connectivity index (χ1v) is 16.4. The van der Waals surface area contributed by atoms with Gasteiger partial charge >= 0.3 is 0 Å². The second kappa shape index (κ2) is 12.8. The molecule has 2 aliphatic rings. The van der Waals surface area contributed by atoms with Crippen molar-refractivity contribution in [1.82, 2.24) is 5.01 Å². The third-order valence-corrected chi connectivity index (χ3v) is 9.74. The largest absolute Gasteiger partial charge is 0.497 e. The molecule has 1 N–H and O–H groups in total. The van der Waals surface area contributed by atoms with Gasteiger partial charge in [-0.15, -0.1) is 0 Å². The van der Waals surface area contributed by atoms with Gasteiger partial charge < -0.3 is 9.47 Å². The van der Waals surface area contributed by atoms with E-state index >= 15 is 0 Å². The lowest BCUT2D eigenvalue weighted by atomic mass is 9.77. The van der Waals surface area contributed by atoms with E-state index in [1.807, 2.05) is 48.5 Å². The summed E-state index contributed by atoms with van der Waals surface area (Å²) < 4.78 is 39.8. The molecule has 0 unspecified atom stereocenters. The van der Waals surface area contributed by atoms with Crippen molar-refractivity contribution in [2.45, 2.75) is 30.2 Å². The number of anilines is 1. The average molecular weight is 642 g/mol. The van der Waals surface area contributed by atoms with Crippen molar-refractivity contribution < 1.29 is 22.7 Å². The van der Waals surface area contributed by atoms with Crippen molar-refractivity contribution in [2.24, 2.45) is 11.0 Å². The number of ether oxygens (including phenoxy) is 2. The molecule has 0 bridgehead atoms. The number of fused-ring (bicyclic) bond motifs is 1. The van der Waals surface area contributed by atoms with Crippen LogP contribution in [0.5, 0.6) is 11.5 Å². The molecule has 0 spiro atoms. The SMILES string of the molecule is COc1ccc(/C=C2\CCC[C@H]3C2=NN(C(=O)c2cccc(S(=O)(=O)Nc4ccc(Cl)cc4)c2)[C@H]3c2ccc(OC)cc2)cc1. The number of hydrogen-bond donors (Lipinski definition) is 1. The fourth-order valence-corrected chi connectivity index (χ4v) is 7.09. The molecule has 1 aliphatic carbocycles. The highest BCUT2D eigenvalue weighted by Gasteiger charge is 2.44. The summed E-state index contributed by atoms with van der Waals surface area (Å²) in [6.07, 6.45) is 4.77. The summed E-state index contributed by atoms with van der Waals surface area (Å²) in [5, 5.41) is 6.98. The second-order valence-corrected chi connectivity index (χ2v) is 13.1. The van der Waals surface area contributed by atoms with Crippen molar-refractivity contribution in [1.29, 1.82) is 0 Å². The van der Waals surface area contributed by atoms with Gasteiger partial charge in [0.2, 0.25) is 0 Å². The Balaban J connectivity index is 1.36. The van der Waals surface area contributed by atoms with E-state index < -0.39 is 10.0 Å². The number of nitrogens with one attached hydrogen (secondary N) is 1. The van der Waals surface area contributed by atoms with Gasteiger partial charge in [0.1, 0.15) is 11.5 Å². The van der Waals surface area contributed by atoms with Crippen LogP contribution in [0, 0.1) is 5.92 Å². The molecule has 2 atom stereocenters. The van der Waals surface area contributed by atoms with E-state index in [0.29, 0.717) is 16.5 Å². The molecule has 230 valence electrons. The van der Waals surface area contributed by atoms with Crippen molar-refractivity contribution >= 4 is 45.0 Å². The van der Waals surface area contributed by atoms with Crippen LogP contribution in [-0.4, -0.2) is 39.3 Å². The zero-order chi connectivity index (χ0) is 31.6. The number of nitrogens with zero attached hydrogens (tertiary/aromatic N) is 2. The number of allylic oxidation sites excluding steroid dienone is 1. The predicted molar refractivity (Wildman–Crippen MR) is 176 cm³/mol.